The van der Waals surface area contributed by atoms with E-state index in [2.05, 4.69) is 191 Å². The standard InChI is InChI=1S/C46H30N2S/c1-3-15-31(16-4-1)35-20-9-12-24-40(35)48(46-36-21-8-7-17-32(36)29-44-45(46)39-23-11-14-26-43(39)49-44)34-27-28-38-37-22-10-13-25-41(37)47(42(38)30-34)33-18-5-2-6-19-33/h1-30H. The monoisotopic (exact) mass is 642 g/mol. The number of thiophene rings is 1. The molecule has 0 bridgehead atoms. The molecule has 0 unspecified atom stereocenters. The van der Waals surface area contributed by atoms with E-state index in [1.165, 1.54) is 69.6 Å². The third kappa shape index (κ3) is 4.40. The van der Waals surface area contributed by atoms with Crippen LogP contribution in [0.5, 0.6) is 0 Å². The van der Waals surface area contributed by atoms with E-state index in [0.717, 1.165) is 17.1 Å². The normalized spacial score (nSPS) is 11.7. The Kier molecular flexibility index (Phi) is 6.39. The molecule has 0 saturated heterocycles. The van der Waals surface area contributed by atoms with Crippen LogP contribution in [0.4, 0.5) is 17.1 Å². The lowest BCUT2D eigenvalue weighted by molar-refractivity contribution is 1.18. The predicted molar refractivity (Wildman–Crippen MR) is 211 cm³/mol. The lowest BCUT2D eigenvalue weighted by Gasteiger charge is -2.30. The quantitative estimate of drug-likeness (QED) is 0.181. The van der Waals surface area contributed by atoms with Gasteiger partial charge in [-0.15, -0.1) is 11.3 Å². The molecule has 0 spiro atoms. The van der Waals surface area contributed by atoms with Crippen LogP contribution in [0.3, 0.4) is 0 Å². The van der Waals surface area contributed by atoms with Crippen molar-refractivity contribution in [2.45, 2.75) is 0 Å². The summed E-state index contributed by atoms with van der Waals surface area (Å²) in [6.07, 6.45) is 0. The molecule has 2 aromatic heterocycles. The molecule has 0 aliphatic rings. The van der Waals surface area contributed by atoms with Crippen molar-refractivity contribution in [2.75, 3.05) is 4.90 Å². The fourth-order valence-electron chi connectivity index (χ4n) is 7.63. The van der Waals surface area contributed by atoms with E-state index in [0.29, 0.717) is 0 Å². The Labute approximate surface area is 288 Å². The number of anilines is 3. The van der Waals surface area contributed by atoms with E-state index >= 15 is 0 Å². The Balaban J connectivity index is 1.37. The molecule has 0 aliphatic heterocycles. The Morgan fingerprint density at radius 1 is 0.449 bits per heavy atom. The molecular formula is C46H30N2S. The van der Waals surface area contributed by atoms with Crippen LogP contribution in [-0.4, -0.2) is 4.57 Å². The van der Waals surface area contributed by atoms with Crippen LogP contribution in [0.1, 0.15) is 0 Å². The Hall–Kier alpha value is -6.16. The minimum atomic E-state index is 1.11. The van der Waals surface area contributed by atoms with Crippen molar-refractivity contribution in [3.05, 3.63) is 182 Å². The molecule has 2 nitrogen and oxygen atoms in total. The van der Waals surface area contributed by atoms with Crippen LogP contribution in [0, 0.1) is 0 Å². The molecule has 0 saturated carbocycles. The summed E-state index contributed by atoms with van der Waals surface area (Å²) in [6, 6.07) is 66.2. The van der Waals surface area contributed by atoms with Crippen LogP contribution in [-0.2, 0) is 0 Å². The summed E-state index contributed by atoms with van der Waals surface area (Å²) in [5, 5.41) is 7.52. The summed E-state index contributed by atoms with van der Waals surface area (Å²) in [5.74, 6) is 0. The van der Waals surface area contributed by atoms with Gasteiger partial charge in [0.25, 0.3) is 0 Å². The molecule has 0 radical (unpaired) electrons. The SMILES string of the molecule is c1ccc(-c2ccccc2N(c2ccc3c4ccccc4n(-c4ccccc4)c3c2)c2c3ccccc3cc3sc4ccccc4c23)cc1. The number of rotatable bonds is 5. The average Bonchev–Trinajstić information content (AvgIpc) is 3.71. The molecule has 0 amide bonds. The van der Waals surface area contributed by atoms with Gasteiger partial charge in [0.1, 0.15) is 0 Å². The minimum absolute atomic E-state index is 1.11. The lowest BCUT2D eigenvalue weighted by Crippen LogP contribution is -2.12. The summed E-state index contributed by atoms with van der Waals surface area (Å²) in [7, 11) is 0. The number of hydrogen-bond donors (Lipinski definition) is 0. The van der Waals surface area contributed by atoms with Crippen molar-refractivity contribution in [2.24, 2.45) is 0 Å². The van der Waals surface area contributed by atoms with E-state index in [4.69, 9.17) is 0 Å². The molecule has 2 heterocycles. The zero-order valence-corrected chi connectivity index (χ0v) is 27.4. The summed E-state index contributed by atoms with van der Waals surface area (Å²) < 4.78 is 5.00. The van der Waals surface area contributed by atoms with E-state index in [-0.39, 0.29) is 0 Å². The van der Waals surface area contributed by atoms with Gasteiger partial charge in [0.2, 0.25) is 0 Å². The van der Waals surface area contributed by atoms with Gasteiger partial charge >= 0.3 is 0 Å². The van der Waals surface area contributed by atoms with Crippen molar-refractivity contribution in [1.82, 2.24) is 4.57 Å². The number of nitrogens with zero attached hydrogens (tertiary/aromatic N) is 2. The van der Waals surface area contributed by atoms with Gasteiger partial charge in [0, 0.05) is 53.3 Å². The van der Waals surface area contributed by atoms with E-state index in [9.17, 15) is 0 Å². The molecule has 8 aromatic carbocycles. The molecule has 49 heavy (non-hydrogen) atoms. The number of benzene rings is 8. The average molecular weight is 643 g/mol. The third-order valence-corrected chi connectivity index (χ3v) is 10.9. The first kappa shape index (κ1) is 27.9. The van der Waals surface area contributed by atoms with Gasteiger partial charge in [0.05, 0.1) is 22.4 Å². The second kappa shape index (κ2) is 11.2. The van der Waals surface area contributed by atoms with Gasteiger partial charge < -0.3 is 9.47 Å². The van der Waals surface area contributed by atoms with Crippen molar-refractivity contribution in [1.29, 1.82) is 0 Å². The van der Waals surface area contributed by atoms with Crippen LogP contribution in [0.15, 0.2) is 182 Å². The van der Waals surface area contributed by atoms with Gasteiger partial charge in [-0.05, 0) is 59.5 Å². The largest absolute Gasteiger partial charge is 0.309 e. The number of hydrogen-bond acceptors (Lipinski definition) is 2. The smallest absolute Gasteiger partial charge is 0.0633 e. The molecule has 3 heteroatoms. The maximum Gasteiger partial charge on any atom is 0.0633 e. The molecular weight excluding hydrogens is 613 g/mol. The second-order valence-electron chi connectivity index (χ2n) is 12.5. The summed E-state index contributed by atoms with van der Waals surface area (Å²) in [6.45, 7) is 0. The van der Waals surface area contributed by atoms with Gasteiger partial charge in [-0.1, -0.05) is 133 Å². The van der Waals surface area contributed by atoms with Gasteiger partial charge in [-0.2, -0.15) is 0 Å². The molecule has 10 aromatic rings. The predicted octanol–water partition coefficient (Wildman–Crippen LogP) is 13.4. The van der Waals surface area contributed by atoms with Crippen LogP contribution >= 0.6 is 11.3 Å². The van der Waals surface area contributed by atoms with E-state index in [1.807, 2.05) is 11.3 Å². The third-order valence-electron chi connectivity index (χ3n) is 9.75. The maximum atomic E-state index is 2.53. The first-order valence-corrected chi connectivity index (χ1v) is 17.5. The molecule has 10 rings (SSSR count). The van der Waals surface area contributed by atoms with E-state index in [1.54, 1.807) is 0 Å². The Morgan fingerprint density at radius 2 is 1.10 bits per heavy atom. The Morgan fingerprint density at radius 3 is 1.96 bits per heavy atom. The molecule has 0 fully saturated rings. The zero-order valence-electron chi connectivity index (χ0n) is 26.6. The topological polar surface area (TPSA) is 8.17 Å². The maximum absolute atomic E-state index is 2.53. The summed E-state index contributed by atoms with van der Waals surface area (Å²) in [4.78, 5) is 2.53. The summed E-state index contributed by atoms with van der Waals surface area (Å²) >= 11 is 1.87. The highest BCUT2D eigenvalue weighted by atomic mass is 32.1. The highest BCUT2D eigenvalue weighted by molar-refractivity contribution is 7.26. The molecule has 0 aliphatic carbocycles. The number of aromatic nitrogens is 1. The van der Waals surface area contributed by atoms with Crippen molar-refractivity contribution < 1.29 is 0 Å². The van der Waals surface area contributed by atoms with Crippen LogP contribution in [0.25, 0.3) is 69.6 Å². The first-order chi connectivity index (χ1) is 24.3. The van der Waals surface area contributed by atoms with Crippen molar-refractivity contribution >= 4 is 81.1 Å². The second-order valence-corrected chi connectivity index (χ2v) is 13.6. The van der Waals surface area contributed by atoms with Crippen LogP contribution < -0.4 is 4.90 Å². The van der Waals surface area contributed by atoms with Crippen molar-refractivity contribution in [3.63, 3.8) is 0 Å². The Bertz CT molecular complexity index is 2830. The number of fused-ring (bicyclic) bond motifs is 7. The molecule has 230 valence electrons. The number of para-hydroxylation sites is 3. The zero-order chi connectivity index (χ0) is 32.3. The molecule has 0 atom stereocenters. The van der Waals surface area contributed by atoms with Gasteiger partial charge in [-0.25, -0.2) is 0 Å². The van der Waals surface area contributed by atoms with E-state index < -0.39 is 0 Å². The van der Waals surface area contributed by atoms with Crippen LogP contribution in [0.2, 0.25) is 0 Å². The fourth-order valence-corrected chi connectivity index (χ4v) is 8.79. The van der Waals surface area contributed by atoms with Crippen molar-refractivity contribution in [3.8, 4) is 16.8 Å². The highest BCUT2D eigenvalue weighted by Gasteiger charge is 2.25. The fraction of sp³-hybridized carbons (Fsp3) is 0. The van der Waals surface area contributed by atoms with Gasteiger partial charge in [-0.3, -0.25) is 0 Å². The first-order valence-electron chi connectivity index (χ1n) is 16.7. The molecule has 0 N–H and O–H groups in total. The van der Waals surface area contributed by atoms with Gasteiger partial charge in [0.15, 0.2) is 0 Å². The lowest BCUT2D eigenvalue weighted by atomic mass is 9.98. The summed E-state index contributed by atoms with van der Waals surface area (Å²) in [5.41, 5.74) is 9.37. The minimum Gasteiger partial charge on any atom is -0.309 e. The highest BCUT2D eigenvalue weighted by Crippen LogP contribution is 2.51.